The van der Waals surface area contributed by atoms with Crippen LogP contribution < -0.4 is 0 Å². The van der Waals surface area contributed by atoms with Crippen LogP contribution in [0.15, 0.2) is 47.6 Å². The Labute approximate surface area is 398 Å². The second-order valence-electron chi connectivity index (χ2n) is 19.9. The van der Waals surface area contributed by atoms with Gasteiger partial charge in [0.05, 0.1) is 37.6 Å². The van der Waals surface area contributed by atoms with Crippen molar-refractivity contribution in [2.24, 2.45) is 35.5 Å². The first-order chi connectivity index (χ1) is 31.7. The predicted molar refractivity (Wildman–Crippen MR) is 251 cm³/mol. The maximum atomic E-state index is 14.4. The van der Waals surface area contributed by atoms with Crippen molar-refractivity contribution in [1.29, 1.82) is 0 Å². The first-order valence-corrected chi connectivity index (χ1v) is 24.6. The highest BCUT2D eigenvalue weighted by Gasteiger charge is 2.53. The van der Waals surface area contributed by atoms with E-state index in [4.69, 9.17) is 23.7 Å². The first kappa shape index (κ1) is 56.2. The largest absolute Gasteiger partial charge is 0.460 e. The number of aliphatic hydroxyl groups excluding tert-OH is 3. The Morgan fingerprint density at radius 3 is 2.28 bits per heavy atom. The molecule has 1 aliphatic carbocycles. The highest BCUT2D eigenvalue weighted by molar-refractivity contribution is 6.39. The zero-order chi connectivity index (χ0) is 49.6. The van der Waals surface area contributed by atoms with E-state index in [2.05, 4.69) is 0 Å². The Hall–Kier alpha value is -3.41. The van der Waals surface area contributed by atoms with E-state index in [1.807, 2.05) is 32.1 Å². The third-order valence-corrected chi connectivity index (χ3v) is 14.6. The number of carbonyl (C=O) groups excluding carboxylic acids is 5. The minimum atomic E-state index is -2.49. The quantitative estimate of drug-likeness (QED) is 0.134. The highest BCUT2D eigenvalue weighted by Crippen LogP contribution is 2.38. The smallest absolute Gasteiger partial charge is 0.329 e. The average molecular weight is 944 g/mol. The zero-order valence-corrected chi connectivity index (χ0v) is 41.5. The molecule has 0 unspecified atom stereocenters. The van der Waals surface area contributed by atoms with Crippen LogP contribution >= 0.6 is 0 Å². The lowest BCUT2D eigenvalue weighted by Crippen LogP contribution is -2.61. The summed E-state index contributed by atoms with van der Waals surface area (Å²) in [5.74, 6) is -8.25. The number of ketones is 3. The van der Waals surface area contributed by atoms with Gasteiger partial charge in [0.1, 0.15) is 30.1 Å². The van der Waals surface area contributed by atoms with Crippen molar-refractivity contribution < 1.29 is 68.1 Å². The van der Waals surface area contributed by atoms with Crippen molar-refractivity contribution in [3.63, 3.8) is 0 Å². The third kappa shape index (κ3) is 15.3. The molecule has 1 saturated carbocycles. The summed E-state index contributed by atoms with van der Waals surface area (Å²) in [6.45, 7) is 12.6. The number of cyclic esters (lactones) is 1. The number of nitrogens with zero attached hydrogens (tertiary/aromatic N) is 1. The van der Waals surface area contributed by atoms with Gasteiger partial charge < -0.3 is 49.0 Å². The van der Waals surface area contributed by atoms with E-state index in [-0.39, 0.29) is 80.5 Å². The van der Waals surface area contributed by atoms with Crippen molar-refractivity contribution in [2.75, 3.05) is 34.0 Å². The van der Waals surface area contributed by atoms with Gasteiger partial charge in [-0.2, -0.15) is 0 Å². The molecule has 3 fully saturated rings. The molecule has 15 heteroatoms. The van der Waals surface area contributed by atoms with Gasteiger partial charge in [0.25, 0.3) is 11.7 Å². The Bertz CT molecular complexity index is 1790. The molecule has 0 radical (unpaired) electrons. The summed E-state index contributed by atoms with van der Waals surface area (Å²) in [4.78, 5) is 71.8. The van der Waals surface area contributed by atoms with Crippen molar-refractivity contribution in [2.45, 2.75) is 180 Å². The van der Waals surface area contributed by atoms with Gasteiger partial charge in [0, 0.05) is 51.4 Å². The van der Waals surface area contributed by atoms with Crippen molar-refractivity contribution in [1.82, 2.24) is 4.90 Å². The van der Waals surface area contributed by atoms with Crippen LogP contribution in [0.25, 0.3) is 0 Å². The highest BCUT2D eigenvalue weighted by atomic mass is 16.6. The van der Waals surface area contributed by atoms with Crippen molar-refractivity contribution in [3.05, 3.63) is 47.6 Å². The van der Waals surface area contributed by atoms with Crippen LogP contribution in [-0.4, -0.2) is 143 Å². The number of methoxy groups -OCH3 is 2. The molecule has 3 heterocycles. The zero-order valence-electron chi connectivity index (χ0n) is 41.5. The maximum absolute atomic E-state index is 14.4. The monoisotopic (exact) mass is 944 g/mol. The molecule has 0 aromatic carbocycles. The second kappa shape index (κ2) is 26.5. The minimum absolute atomic E-state index is 0.00840. The number of hydrogen-bond acceptors (Lipinski definition) is 14. The summed E-state index contributed by atoms with van der Waals surface area (Å²) in [7, 11) is 2.99. The number of amides is 1. The molecule has 1 amide bonds. The third-order valence-electron chi connectivity index (χ3n) is 14.6. The molecule has 378 valence electrons. The lowest BCUT2D eigenvalue weighted by molar-refractivity contribution is -0.265. The molecular formula is C52H81NO14. The molecule has 3 aliphatic heterocycles. The minimum Gasteiger partial charge on any atom is -0.460 e. The fourth-order valence-electron chi connectivity index (χ4n) is 10.2. The normalized spacial score (nSPS) is 39.6. The fourth-order valence-corrected chi connectivity index (χ4v) is 10.2. The van der Waals surface area contributed by atoms with E-state index in [0.717, 1.165) is 11.3 Å². The molecule has 0 aromatic heterocycles. The summed E-state index contributed by atoms with van der Waals surface area (Å²) < 4.78 is 29.5. The van der Waals surface area contributed by atoms with E-state index in [1.165, 1.54) is 7.11 Å². The van der Waals surface area contributed by atoms with E-state index < -0.39 is 77.8 Å². The SMILES string of the molecule is CO[C@@H]1C[C@H](C[C@@H](C)[C@@H]2CC(=O)[C@H](C)/C=C(\C)[C@@H](O)[C@@H](OC)C(=O)[C@H](C)C[C@H](C)/C=C/C=C\C=C(/C)[C@@H](O)C[C@@H]3CC[C@@H](C)[C@@](O)(O3)C(=O)C(=O)N3CCCC[C@H]3C(=O)O2)CC[C@H]1OCCO. The maximum Gasteiger partial charge on any atom is 0.329 e. The molecule has 2 bridgehead atoms. The van der Waals surface area contributed by atoms with Gasteiger partial charge in [-0.05, 0) is 107 Å². The average Bonchev–Trinajstić information content (AvgIpc) is 3.30. The van der Waals surface area contributed by atoms with Crippen LogP contribution in [0.5, 0.6) is 0 Å². The van der Waals surface area contributed by atoms with Crippen LogP contribution in [0, 0.1) is 35.5 Å². The predicted octanol–water partition coefficient (Wildman–Crippen LogP) is 5.54. The second-order valence-corrected chi connectivity index (χ2v) is 19.9. The van der Waals surface area contributed by atoms with E-state index >= 15 is 0 Å². The molecule has 15 nitrogen and oxygen atoms in total. The van der Waals surface area contributed by atoms with E-state index in [1.54, 1.807) is 60.0 Å². The molecule has 4 aliphatic rings. The fraction of sp³-hybridized carbons (Fsp3) is 0.750. The topological polar surface area (TPSA) is 216 Å². The summed E-state index contributed by atoms with van der Waals surface area (Å²) in [5.41, 5.74) is 0.998. The lowest BCUT2D eigenvalue weighted by Gasteiger charge is -2.42. The Morgan fingerprint density at radius 1 is 0.866 bits per heavy atom. The van der Waals surface area contributed by atoms with Gasteiger partial charge in [-0.1, -0.05) is 71.1 Å². The molecule has 4 rings (SSSR count). The van der Waals surface area contributed by atoms with Gasteiger partial charge in [-0.25, -0.2) is 4.79 Å². The molecule has 4 N–H and O–H groups in total. The molecule has 0 spiro atoms. The Kier molecular flexibility index (Phi) is 22.3. The van der Waals surface area contributed by atoms with Gasteiger partial charge in [-0.15, -0.1) is 0 Å². The van der Waals surface area contributed by atoms with Gasteiger partial charge >= 0.3 is 5.97 Å². The van der Waals surface area contributed by atoms with Crippen molar-refractivity contribution >= 4 is 29.2 Å². The lowest BCUT2D eigenvalue weighted by atomic mass is 9.78. The first-order valence-electron chi connectivity index (χ1n) is 24.6. The van der Waals surface area contributed by atoms with Crippen LogP contribution in [0.3, 0.4) is 0 Å². The number of fused-ring (bicyclic) bond motifs is 3. The van der Waals surface area contributed by atoms with Crippen molar-refractivity contribution in [3.8, 4) is 0 Å². The Morgan fingerprint density at radius 2 is 1.60 bits per heavy atom. The number of hydrogen-bond donors (Lipinski definition) is 4. The summed E-state index contributed by atoms with van der Waals surface area (Å²) in [6.07, 6.45) is 10.3. The van der Waals surface area contributed by atoms with Crippen LogP contribution in [-0.2, 0) is 47.7 Å². The number of ether oxygens (including phenoxy) is 5. The number of aliphatic hydroxyl groups is 4. The number of esters is 1. The van der Waals surface area contributed by atoms with Crippen LogP contribution in [0.4, 0.5) is 0 Å². The molecular weight excluding hydrogens is 863 g/mol. The van der Waals surface area contributed by atoms with Gasteiger partial charge in [0.15, 0.2) is 5.78 Å². The number of rotatable bonds is 8. The summed E-state index contributed by atoms with van der Waals surface area (Å²) >= 11 is 0. The number of piperidine rings is 1. The summed E-state index contributed by atoms with van der Waals surface area (Å²) in [5, 5.41) is 43.8. The standard InChI is InChI=1S/C52H81NO14/c1-31-15-11-10-12-16-32(2)41(55)29-39-20-18-37(7)52(62,67-39)49(59)50(60)53-22-14-13-17-40(53)51(61)66-44(34(4)27-38-19-21-43(65-24-23-54)45(28-38)63-8)30-42(56)33(3)26-36(6)47(58)48(64-9)46(57)35(5)25-31/h10-12,15-16,26,31,33-35,37-41,43-45,47-48,54-55,58,62H,13-14,17-25,27-30H2,1-9H3/b12-10-,15-11+,32-16+,36-26+/t31-,33-,34-,35-,37-,38+,39+,40+,41+,43-,44+,45-,47-,48+,52-/m1/s1. The van der Waals surface area contributed by atoms with Gasteiger partial charge in [0.2, 0.25) is 5.79 Å². The van der Waals surface area contributed by atoms with Crippen LogP contribution in [0.2, 0.25) is 0 Å². The molecule has 2 saturated heterocycles. The van der Waals surface area contributed by atoms with E-state index in [9.17, 15) is 44.4 Å². The Balaban J connectivity index is 1.68. The number of allylic oxidation sites excluding steroid dienone is 6. The number of carbonyl (C=O) groups is 5. The van der Waals surface area contributed by atoms with Crippen LogP contribution in [0.1, 0.15) is 126 Å². The molecule has 0 aromatic rings. The van der Waals surface area contributed by atoms with Gasteiger partial charge in [-0.3, -0.25) is 19.2 Å². The molecule has 15 atom stereocenters. The number of Topliss-reactive ketones (excluding diaryl/α,β-unsaturated/α-hetero) is 3. The summed E-state index contributed by atoms with van der Waals surface area (Å²) in [6, 6.07) is -1.16. The van der Waals surface area contributed by atoms with E-state index in [0.29, 0.717) is 62.5 Å². The molecule has 67 heavy (non-hydrogen) atoms.